The average Bonchev–Trinajstić information content (AvgIpc) is 3.49. The van der Waals surface area contributed by atoms with Crippen molar-refractivity contribution in [3.8, 4) is 5.75 Å². The number of anilines is 1. The smallest absolute Gasteiger partial charge is 0.264 e. The summed E-state index contributed by atoms with van der Waals surface area (Å²) in [7, 11) is -4.14. The van der Waals surface area contributed by atoms with Gasteiger partial charge in [0.05, 0.1) is 17.2 Å². The molecule has 1 fully saturated rings. The molecule has 8 nitrogen and oxygen atoms in total. The Morgan fingerprint density at radius 2 is 1.60 bits per heavy atom. The van der Waals surface area contributed by atoms with Gasteiger partial charge in [0.25, 0.3) is 10.0 Å². The molecule has 1 saturated carbocycles. The summed E-state index contributed by atoms with van der Waals surface area (Å²) in [5.41, 5.74) is 1.98. The predicted molar refractivity (Wildman–Crippen MR) is 165 cm³/mol. The number of hydrogen-bond acceptors (Lipinski definition) is 5. The number of amides is 2. The molecule has 2 amide bonds. The van der Waals surface area contributed by atoms with Gasteiger partial charge < -0.3 is 15.0 Å². The minimum atomic E-state index is -4.14. The van der Waals surface area contributed by atoms with Crippen LogP contribution in [-0.4, -0.2) is 50.4 Å². The van der Waals surface area contributed by atoms with Gasteiger partial charge in [0.1, 0.15) is 18.3 Å². The van der Waals surface area contributed by atoms with Gasteiger partial charge in [0.2, 0.25) is 11.8 Å². The standard InChI is InChI=1S/C32H38ClN3O5S/c1-4-41-29-17-15-28(16-18-29)36(42(39,40)30-19-9-23(2)10-20-30)22-31(37)35(21-25-11-13-26(33)14-12-25)24(3)32(38)34-27-7-5-6-8-27/h9-20,24,27H,4-8,21-22H2,1-3H3,(H,34,38)/t24-/m0/s1. The topological polar surface area (TPSA) is 96.0 Å². The largest absolute Gasteiger partial charge is 0.494 e. The van der Waals surface area contributed by atoms with Crippen molar-refractivity contribution < 1.29 is 22.7 Å². The summed E-state index contributed by atoms with van der Waals surface area (Å²) >= 11 is 6.08. The van der Waals surface area contributed by atoms with Gasteiger partial charge in [-0.3, -0.25) is 13.9 Å². The van der Waals surface area contributed by atoms with E-state index in [4.69, 9.17) is 16.3 Å². The fourth-order valence-corrected chi connectivity index (χ4v) is 6.54. The Morgan fingerprint density at radius 3 is 2.19 bits per heavy atom. The number of halogens is 1. The van der Waals surface area contributed by atoms with Gasteiger partial charge in [-0.05, 0) is 87.7 Å². The van der Waals surface area contributed by atoms with Gasteiger partial charge >= 0.3 is 0 Å². The first-order valence-corrected chi connectivity index (χ1v) is 16.1. The molecule has 1 aliphatic rings. The molecule has 10 heteroatoms. The van der Waals surface area contributed by atoms with Gasteiger partial charge in [-0.15, -0.1) is 0 Å². The number of carbonyl (C=O) groups is 2. The van der Waals surface area contributed by atoms with E-state index in [-0.39, 0.29) is 23.4 Å². The number of sulfonamides is 1. The molecule has 1 N–H and O–H groups in total. The van der Waals surface area contributed by atoms with E-state index in [1.54, 1.807) is 67.6 Å². The predicted octanol–water partition coefficient (Wildman–Crippen LogP) is 5.72. The Hall–Kier alpha value is -3.56. The fourth-order valence-electron chi connectivity index (χ4n) is 5.00. The third kappa shape index (κ3) is 7.83. The van der Waals surface area contributed by atoms with Crippen LogP contribution in [0.3, 0.4) is 0 Å². The molecule has 4 rings (SSSR count). The Morgan fingerprint density at radius 1 is 0.976 bits per heavy atom. The van der Waals surface area contributed by atoms with Crippen molar-refractivity contribution in [1.82, 2.24) is 10.2 Å². The summed E-state index contributed by atoms with van der Waals surface area (Å²) in [6.45, 7) is 5.48. The number of hydrogen-bond donors (Lipinski definition) is 1. The molecule has 0 saturated heterocycles. The van der Waals surface area contributed by atoms with Crippen molar-refractivity contribution in [2.24, 2.45) is 0 Å². The fraction of sp³-hybridized carbons (Fsp3) is 0.375. The highest BCUT2D eigenvalue weighted by Gasteiger charge is 2.33. The number of nitrogens with one attached hydrogen (secondary N) is 1. The summed E-state index contributed by atoms with van der Waals surface area (Å²) in [6.07, 6.45) is 3.93. The Kier molecular flexibility index (Phi) is 10.5. The van der Waals surface area contributed by atoms with Crippen LogP contribution in [0.15, 0.2) is 77.7 Å². The first-order valence-electron chi connectivity index (χ1n) is 14.2. The first kappa shape index (κ1) is 31.4. The van der Waals surface area contributed by atoms with Gasteiger partial charge in [-0.2, -0.15) is 0 Å². The molecule has 0 heterocycles. The lowest BCUT2D eigenvalue weighted by Crippen LogP contribution is -2.52. The van der Waals surface area contributed by atoms with E-state index in [1.165, 1.54) is 17.0 Å². The second-order valence-corrected chi connectivity index (χ2v) is 12.9. The highest BCUT2D eigenvalue weighted by Crippen LogP contribution is 2.27. The van der Waals surface area contributed by atoms with Crippen molar-refractivity contribution >= 4 is 39.1 Å². The minimum Gasteiger partial charge on any atom is -0.494 e. The maximum atomic E-state index is 14.1. The zero-order chi connectivity index (χ0) is 30.3. The maximum Gasteiger partial charge on any atom is 0.264 e. The molecule has 42 heavy (non-hydrogen) atoms. The lowest BCUT2D eigenvalue weighted by atomic mass is 10.1. The summed E-state index contributed by atoms with van der Waals surface area (Å²) < 4.78 is 34.6. The summed E-state index contributed by atoms with van der Waals surface area (Å²) in [4.78, 5) is 28.9. The molecule has 0 spiro atoms. The minimum absolute atomic E-state index is 0.0612. The van der Waals surface area contributed by atoms with E-state index in [9.17, 15) is 18.0 Å². The van der Waals surface area contributed by atoms with Crippen LogP contribution < -0.4 is 14.4 Å². The Balaban J connectivity index is 1.68. The van der Waals surface area contributed by atoms with E-state index < -0.39 is 28.5 Å². The molecule has 3 aromatic rings. The molecule has 224 valence electrons. The van der Waals surface area contributed by atoms with Crippen LogP contribution in [0.1, 0.15) is 50.7 Å². The highest BCUT2D eigenvalue weighted by atomic mass is 35.5. The number of benzene rings is 3. The molecular formula is C32H38ClN3O5S. The monoisotopic (exact) mass is 611 g/mol. The number of carbonyl (C=O) groups excluding carboxylic acids is 2. The number of aryl methyl sites for hydroxylation is 1. The third-order valence-electron chi connectivity index (χ3n) is 7.46. The lowest BCUT2D eigenvalue weighted by molar-refractivity contribution is -0.139. The molecule has 0 radical (unpaired) electrons. The second-order valence-electron chi connectivity index (χ2n) is 10.6. The molecule has 0 aliphatic heterocycles. The van der Waals surface area contributed by atoms with Crippen molar-refractivity contribution in [1.29, 1.82) is 0 Å². The van der Waals surface area contributed by atoms with Gasteiger partial charge in [0, 0.05) is 17.6 Å². The van der Waals surface area contributed by atoms with Crippen molar-refractivity contribution in [2.45, 2.75) is 70.0 Å². The molecule has 0 aromatic heterocycles. The number of ether oxygens (including phenoxy) is 1. The zero-order valence-electron chi connectivity index (χ0n) is 24.3. The Labute approximate surface area is 253 Å². The van der Waals surface area contributed by atoms with E-state index in [0.717, 1.165) is 41.1 Å². The van der Waals surface area contributed by atoms with Crippen LogP contribution in [0, 0.1) is 6.92 Å². The normalized spacial score (nSPS) is 14.3. The first-order chi connectivity index (χ1) is 20.1. The molecule has 3 aromatic carbocycles. The zero-order valence-corrected chi connectivity index (χ0v) is 25.8. The molecular weight excluding hydrogens is 574 g/mol. The van der Waals surface area contributed by atoms with E-state index in [1.807, 2.05) is 13.8 Å². The van der Waals surface area contributed by atoms with Gasteiger partial charge in [-0.25, -0.2) is 8.42 Å². The van der Waals surface area contributed by atoms with Crippen LogP contribution in [0.4, 0.5) is 5.69 Å². The number of rotatable bonds is 12. The molecule has 1 aliphatic carbocycles. The van der Waals surface area contributed by atoms with E-state index >= 15 is 0 Å². The highest BCUT2D eigenvalue weighted by molar-refractivity contribution is 7.92. The molecule has 1 atom stereocenters. The van der Waals surface area contributed by atoms with Crippen LogP contribution in [0.5, 0.6) is 5.75 Å². The van der Waals surface area contributed by atoms with Crippen molar-refractivity contribution in [3.63, 3.8) is 0 Å². The van der Waals surface area contributed by atoms with Crippen LogP contribution in [-0.2, 0) is 26.2 Å². The second kappa shape index (κ2) is 14.1. The Bertz CT molecular complexity index is 1460. The quantitative estimate of drug-likeness (QED) is 0.283. The van der Waals surface area contributed by atoms with Crippen LogP contribution in [0.25, 0.3) is 0 Å². The SMILES string of the molecule is CCOc1ccc(N(CC(=O)N(Cc2ccc(Cl)cc2)[C@@H](C)C(=O)NC2CCCC2)S(=O)(=O)c2ccc(C)cc2)cc1. The van der Waals surface area contributed by atoms with Gasteiger partial charge in [0.15, 0.2) is 0 Å². The van der Waals surface area contributed by atoms with Crippen molar-refractivity contribution in [3.05, 3.63) is 88.9 Å². The average molecular weight is 612 g/mol. The maximum absolute atomic E-state index is 14.1. The number of nitrogens with zero attached hydrogens (tertiary/aromatic N) is 2. The summed E-state index contributed by atoms with van der Waals surface area (Å²) in [5, 5.41) is 3.62. The third-order valence-corrected chi connectivity index (χ3v) is 9.50. The summed E-state index contributed by atoms with van der Waals surface area (Å²) in [5.74, 6) is -0.191. The van der Waals surface area contributed by atoms with E-state index in [0.29, 0.717) is 23.1 Å². The lowest BCUT2D eigenvalue weighted by Gasteiger charge is -2.32. The van der Waals surface area contributed by atoms with Gasteiger partial charge in [-0.1, -0.05) is 54.3 Å². The van der Waals surface area contributed by atoms with E-state index in [2.05, 4.69) is 5.32 Å². The molecule has 0 bridgehead atoms. The van der Waals surface area contributed by atoms with Crippen LogP contribution in [0.2, 0.25) is 5.02 Å². The van der Waals surface area contributed by atoms with Crippen LogP contribution >= 0.6 is 11.6 Å². The summed E-state index contributed by atoms with van der Waals surface area (Å²) in [6, 6.07) is 19.3. The van der Waals surface area contributed by atoms with Crippen molar-refractivity contribution in [2.75, 3.05) is 17.5 Å². The molecule has 0 unspecified atom stereocenters.